The van der Waals surface area contributed by atoms with Crippen LogP contribution in [-0.4, -0.2) is 35.3 Å². The van der Waals surface area contributed by atoms with Crippen molar-refractivity contribution in [3.63, 3.8) is 0 Å². The Labute approximate surface area is 114 Å². The van der Waals surface area contributed by atoms with E-state index in [1.165, 1.54) is 0 Å². The number of piperazine rings is 1. The molecule has 1 saturated heterocycles. The van der Waals surface area contributed by atoms with E-state index in [1.54, 1.807) is 0 Å². The van der Waals surface area contributed by atoms with Crippen LogP contribution in [0.2, 0.25) is 0 Å². The molecule has 104 valence electrons. The fourth-order valence-corrected chi connectivity index (χ4v) is 3.14. The van der Waals surface area contributed by atoms with Crippen LogP contribution >= 0.6 is 0 Å². The minimum atomic E-state index is -0.312. The Balaban J connectivity index is 1.70. The third-order valence-electron chi connectivity index (χ3n) is 4.62. The first-order chi connectivity index (χ1) is 9.16. The molecule has 0 bridgehead atoms. The van der Waals surface area contributed by atoms with Gasteiger partial charge in [0.05, 0.1) is 0 Å². The quantitative estimate of drug-likeness (QED) is 0.783. The van der Waals surface area contributed by atoms with Gasteiger partial charge in [-0.3, -0.25) is 9.59 Å². The molecule has 2 aliphatic carbocycles. The van der Waals surface area contributed by atoms with Gasteiger partial charge >= 0.3 is 0 Å². The molecule has 4 heteroatoms. The number of allylic oxidation sites excluding steroid dienone is 2. The molecule has 1 N–H and O–H groups in total. The predicted octanol–water partition coefficient (Wildman–Crippen LogP) is 1.47. The summed E-state index contributed by atoms with van der Waals surface area (Å²) in [5.74, 6) is 1.06. The molecule has 0 aromatic rings. The van der Waals surface area contributed by atoms with Crippen molar-refractivity contribution in [2.45, 2.75) is 51.1 Å². The number of carbonyl (C=O) groups is 2. The lowest BCUT2D eigenvalue weighted by atomic mass is 9.92. The first-order valence-electron chi connectivity index (χ1n) is 7.42. The summed E-state index contributed by atoms with van der Waals surface area (Å²) in [6.45, 7) is 2.58. The van der Waals surface area contributed by atoms with E-state index in [-0.39, 0.29) is 23.9 Å². The summed E-state index contributed by atoms with van der Waals surface area (Å²) in [4.78, 5) is 26.4. The van der Waals surface area contributed by atoms with Crippen molar-refractivity contribution < 1.29 is 9.59 Å². The summed E-state index contributed by atoms with van der Waals surface area (Å²) in [5, 5.41) is 2.90. The van der Waals surface area contributed by atoms with Crippen LogP contribution < -0.4 is 5.32 Å². The number of rotatable bonds is 3. The van der Waals surface area contributed by atoms with Gasteiger partial charge in [-0.25, -0.2) is 0 Å². The third kappa shape index (κ3) is 2.53. The average Bonchev–Trinajstić information content (AvgIpc) is 3.24. The third-order valence-corrected chi connectivity index (χ3v) is 4.62. The molecular formula is C15H22N2O2. The molecule has 3 unspecified atom stereocenters. The van der Waals surface area contributed by atoms with Gasteiger partial charge in [0.2, 0.25) is 11.8 Å². The zero-order valence-corrected chi connectivity index (χ0v) is 11.5. The minimum absolute atomic E-state index is 0.0165. The van der Waals surface area contributed by atoms with Crippen molar-refractivity contribution in [3.05, 3.63) is 12.2 Å². The van der Waals surface area contributed by atoms with E-state index >= 15 is 0 Å². The summed E-state index contributed by atoms with van der Waals surface area (Å²) in [6.07, 6.45) is 9.81. The van der Waals surface area contributed by atoms with Gasteiger partial charge in [0.1, 0.15) is 12.1 Å². The van der Waals surface area contributed by atoms with Crippen molar-refractivity contribution in [1.82, 2.24) is 10.2 Å². The van der Waals surface area contributed by atoms with Crippen molar-refractivity contribution in [2.24, 2.45) is 11.8 Å². The first kappa shape index (κ1) is 12.7. The van der Waals surface area contributed by atoms with Gasteiger partial charge in [-0.2, -0.15) is 0 Å². The second kappa shape index (κ2) is 4.99. The molecule has 0 spiro atoms. The predicted molar refractivity (Wildman–Crippen MR) is 72.3 cm³/mol. The van der Waals surface area contributed by atoms with E-state index in [1.807, 2.05) is 11.8 Å². The largest absolute Gasteiger partial charge is 0.342 e. The Morgan fingerprint density at radius 3 is 2.68 bits per heavy atom. The van der Waals surface area contributed by atoms with Gasteiger partial charge < -0.3 is 10.2 Å². The van der Waals surface area contributed by atoms with Crippen LogP contribution in [0.5, 0.6) is 0 Å². The highest BCUT2D eigenvalue weighted by Gasteiger charge is 2.45. The summed E-state index contributed by atoms with van der Waals surface area (Å²) in [7, 11) is 0. The first-order valence-corrected chi connectivity index (χ1v) is 7.42. The highest BCUT2D eigenvalue weighted by atomic mass is 16.2. The van der Waals surface area contributed by atoms with Crippen molar-refractivity contribution >= 4 is 11.8 Å². The van der Waals surface area contributed by atoms with Gasteiger partial charge in [0.15, 0.2) is 0 Å². The van der Waals surface area contributed by atoms with Gasteiger partial charge in [0.25, 0.3) is 0 Å². The summed E-state index contributed by atoms with van der Waals surface area (Å²) in [5.41, 5.74) is 0. The van der Waals surface area contributed by atoms with Crippen molar-refractivity contribution in [2.75, 3.05) is 6.54 Å². The van der Waals surface area contributed by atoms with E-state index in [9.17, 15) is 9.59 Å². The Morgan fingerprint density at radius 1 is 1.26 bits per heavy atom. The van der Waals surface area contributed by atoms with Gasteiger partial charge in [-0.05, 0) is 50.9 Å². The van der Waals surface area contributed by atoms with Crippen LogP contribution in [0, 0.1) is 11.8 Å². The normalized spacial score (nSPS) is 35.4. The topological polar surface area (TPSA) is 49.4 Å². The van der Waals surface area contributed by atoms with Gasteiger partial charge in [0, 0.05) is 6.54 Å². The molecule has 0 radical (unpaired) electrons. The van der Waals surface area contributed by atoms with E-state index in [2.05, 4.69) is 17.5 Å². The van der Waals surface area contributed by atoms with Gasteiger partial charge in [-0.15, -0.1) is 0 Å². The second-order valence-electron chi connectivity index (χ2n) is 6.14. The summed E-state index contributed by atoms with van der Waals surface area (Å²) >= 11 is 0. The number of hydrogen-bond acceptors (Lipinski definition) is 2. The fourth-order valence-electron chi connectivity index (χ4n) is 3.14. The Morgan fingerprint density at radius 2 is 2.05 bits per heavy atom. The molecule has 19 heavy (non-hydrogen) atoms. The smallest absolute Gasteiger partial charge is 0.246 e. The molecule has 1 aliphatic heterocycles. The van der Waals surface area contributed by atoms with E-state index in [0.29, 0.717) is 11.8 Å². The number of hydrogen-bond donors (Lipinski definition) is 1. The summed E-state index contributed by atoms with van der Waals surface area (Å²) in [6, 6.07) is -0.559. The number of amides is 2. The second-order valence-corrected chi connectivity index (χ2v) is 6.14. The molecule has 0 aromatic carbocycles. The molecule has 3 aliphatic rings. The van der Waals surface area contributed by atoms with E-state index in [4.69, 9.17) is 0 Å². The molecular weight excluding hydrogens is 240 g/mol. The molecule has 4 nitrogen and oxygen atoms in total. The molecule has 2 amide bonds. The fraction of sp³-hybridized carbons (Fsp3) is 0.733. The average molecular weight is 262 g/mol. The zero-order valence-electron chi connectivity index (χ0n) is 11.5. The molecule has 3 rings (SSSR count). The number of nitrogens with one attached hydrogen (secondary N) is 1. The Bertz CT molecular complexity index is 414. The van der Waals surface area contributed by atoms with Crippen LogP contribution in [0.1, 0.15) is 39.0 Å². The van der Waals surface area contributed by atoms with Crippen molar-refractivity contribution in [3.8, 4) is 0 Å². The number of carbonyl (C=O) groups excluding carboxylic acids is 2. The Hall–Kier alpha value is -1.32. The lowest BCUT2D eigenvalue weighted by Gasteiger charge is -2.39. The van der Waals surface area contributed by atoms with Crippen LogP contribution in [0.4, 0.5) is 0 Å². The van der Waals surface area contributed by atoms with E-state index in [0.717, 1.165) is 38.6 Å². The zero-order chi connectivity index (χ0) is 13.4. The number of nitrogens with zero attached hydrogens (tertiary/aromatic N) is 1. The van der Waals surface area contributed by atoms with Crippen molar-refractivity contribution in [1.29, 1.82) is 0 Å². The van der Waals surface area contributed by atoms with Crippen LogP contribution in [0.15, 0.2) is 12.2 Å². The molecule has 1 saturated carbocycles. The Kier molecular flexibility index (Phi) is 3.33. The maximum atomic E-state index is 12.5. The molecule has 0 aromatic heterocycles. The standard InChI is InChI=1S/C15H22N2O2/c1-10-14(18)16-13(12-7-8-12)15(19)17(10)9-11-5-3-2-4-6-11/h2-3,10-13H,4-9H2,1H3,(H,16,18). The monoisotopic (exact) mass is 262 g/mol. The van der Waals surface area contributed by atoms with Gasteiger partial charge in [-0.1, -0.05) is 12.2 Å². The lowest BCUT2D eigenvalue weighted by Crippen LogP contribution is -2.63. The van der Waals surface area contributed by atoms with E-state index < -0.39 is 0 Å². The van der Waals surface area contributed by atoms with Crippen LogP contribution in [-0.2, 0) is 9.59 Å². The molecule has 2 fully saturated rings. The molecule has 3 atom stereocenters. The molecule has 1 heterocycles. The lowest BCUT2D eigenvalue weighted by molar-refractivity contribution is -0.150. The SMILES string of the molecule is CC1C(=O)NC(C2CC2)C(=O)N1CC1CC=CCC1. The minimum Gasteiger partial charge on any atom is -0.342 e. The van der Waals surface area contributed by atoms with Crippen LogP contribution in [0.3, 0.4) is 0 Å². The highest BCUT2D eigenvalue weighted by molar-refractivity contribution is 5.97. The maximum Gasteiger partial charge on any atom is 0.246 e. The summed E-state index contributed by atoms with van der Waals surface area (Å²) < 4.78 is 0. The maximum absolute atomic E-state index is 12.5. The van der Waals surface area contributed by atoms with Crippen LogP contribution in [0.25, 0.3) is 0 Å². The highest BCUT2D eigenvalue weighted by Crippen LogP contribution is 2.35.